The summed E-state index contributed by atoms with van der Waals surface area (Å²) in [6, 6.07) is 18.4. The molecule has 4 rings (SSSR count). The Morgan fingerprint density at radius 2 is 1.82 bits per heavy atom. The molecule has 0 aliphatic carbocycles. The van der Waals surface area contributed by atoms with E-state index in [1.807, 2.05) is 30.3 Å². The van der Waals surface area contributed by atoms with E-state index in [0.29, 0.717) is 16.7 Å². The summed E-state index contributed by atoms with van der Waals surface area (Å²) >= 11 is 0. The van der Waals surface area contributed by atoms with Crippen LogP contribution in [0.25, 0.3) is 27.8 Å². The van der Waals surface area contributed by atoms with Crippen LogP contribution in [0.5, 0.6) is 0 Å². The fourth-order valence-corrected chi connectivity index (χ4v) is 3.07. The second-order valence-corrected chi connectivity index (χ2v) is 6.24. The van der Waals surface area contributed by atoms with Crippen molar-refractivity contribution in [3.8, 4) is 0 Å². The average molecular weight is 374 g/mol. The van der Waals surface area contributed by atoms with Gasteiger partial charge in [-0.25, -0.2) is 14.0 Å². The van der Waals surface area contributed by atoms with Crippen molar-refractivity contribution in [2.45, 2.75) is 6.61 Å². The maximum absolute atomic E-state index is 12.9. The van der Waals surface area contributed by atoms with Crippen molar-refractivity contribution in [1.82, 2.24) is 0 Å². The van der Waals surface area contributed by atoms with E-state index in [1.54, 1.807) is 18.2 Å². The number of hydrogen-bond donors (Lipinski definition) is 0. The van der Waals surface area contributed by atoms with Gasteiger partial charge in [-0.1, -0.05) is 42.5 Å². The molecule has 0 spiro atoms. The number of rotatable bonds is 4. The van der Waals surface area contributed by atoms with Crippen LogP contribution < -0.4 is 5.63 Å². The summed E-state index contributed by atoms with van der Waals surface area (Å²) in [6.07, 6.45) is 2.80. The van der Waals surface area contributed by atoms with Gasteiger partial charge in [0.15, 0.2) is 0 Å². The molecule has 3 aromatic carbocycles. The van der Waals surface area contributed by atoms with Gasteiger partial charge in [0.25, 0.3) is 0 Å². The highest BCUT2D eigenvalue weighted by Crippen LogP contribution is 2.27. The third-order valence-electron chi connectivity index (χ3n) is 4.37. The number of carbonyl (C=O) groups excluding carboxylic acids is 1. The number of ether oxygens (including phenoxy) is 1. The highest BCUT2D eigenvalue weighted by Gasteiger charge is 2.11. The molecular formula is C23H15FO4. The Hall–Kier alpha value is -3.73. The predicted octanol–water partition coefficient (Wildman–Crippen LogP) is 4.84. The second-order valence-electron chi connectivity index (χ2n) is 6.24. The number of benzene rings is 3. The van der Waals surface area contributed by atoms with Crippen LogP contribution in [0.3, 0.4) is 0 Å². The van der Waals surface area contributed by atoms with E-state index in [-0.39, 0.29) is 12.4 Å². The molecule has 0 amide bonds. The summed E-state index contributed by atoms with van der Waals surface area (Å²) in [5, 5.41) is 2.65. The first-order valence-electron chi connectivity index (χ1n) is 8.65. The zero-order valence-corrected chi connectivity index (χ0v) is 14.7. The van der Waals surface area contributed by atoms with Crippen molar-refractivity contribution < 1.29 is 18.3 Å². The monoisotopic (exact) mass is 374 g/mol. The van der Waals surface area contributed by atoms with E-state index in [9.17, 15) is 14.0 Å². The molecule has 0 fully saturated rings. The Labute approximate surface area is 159 Å². The molecule has 0 N–H and O–H groups in total. The van der Waals surface area contributed by atoms with Crippen molar-refractivity contribution in [1.29, 1.82) is 0 Å². The van der Waals surface area contributed by atoms with E-state index in [1.165, 1.54) is 30.4 Å². The summed E-state index contributed by atoms with van der Waals surface area (Å²) in [4.78, 5) is 23.9. The molecule has 5 heteroatoms. The van der Waals surface area contributed by atoms with Crippen molar-refractivity contribution >= 4 is 33.8 Å². The lowest BCUT2D eigenvalue weighted by atomic mass is 10.0. The highest BCUT2D eigenvalue weighted by molar-refractivity contribution is 6.07. The molecular weight excluding hydrogens is 359 g/mol. The normalized spacial score (nSPS) is 11.3. The SMILES string of the molecule is O=C(C=Cc1ccc(F)cc1)OCc1cc(=O)oc2ccc3ccccc3c12. The summed E-state index contributed by atoms with van der Waals surface area (Å²) < 4.78 is 23.5. The first kappa shape index (κ1) is 17.7. The molecule has 4 nitrogen and oxygen atoms in total. The zero-order valence-electron chi connectivity index (χ0n) is 14.7. The molecule has 0 aliphatic heterocycles. The van der Waals surface area contributed by atoms with Gasteiger partial charge in [0, 0.05) is 23.1 Å². The van der Waals surface area contributed by atoms with Gasteiger partial charge in [0.2, 0.25) is 0 Å². The van der Waals surface area contributed by atoms with Crippen LogP contribution in [-0.2, 0) is 16.1 Å². The van der Waals surface area contributed by atoms with Gasteiger partial charge < -0.3 is 9.15 Å². The Bertz CT molecular complexity index is 1250. The topological polar surface area (TPSA) is 56.5 Å². The molecule has 0 saturated heterocycles. The lowest BCUT2D eigenvalue weighted by Crippen LogP contribution is -2.06. The summed E-state index contributed by atoms with van der Waals surface area (Å²) in [5.74, 6) is -0.910. The smallest absolute Gasteiger partial charge is 0.336 e. The summed E-state index contributed by atoms with van der Waals surface area (Å²) in [7, 11) is 0. The number of fused-ring (bicyclic) bond motifs is 3. The van der Waals surface area contributed by atoms with Gasteiger partial charge in [-0.3, -0.25) is 0 Å². The molecule has 0 bridgehead atoms. The fraction of sp³-hybridized carbons (Fsp3) is 0.0435. The van der Waals surface area contributed by atoms with Gasteiger partial charge in [-0.15, -0.1) is 0 Å². The maximum atomic E-state index is 12.9. The predicted molar refractivity (Wildman–Crippen MR) is 105 cm³/mol. The highest BCUT2D eigenvalue weighted by atomic mass is 19.1. The standard InChI is InChI=1S/C23H15FO4/c24-18-9-5-15(6-10-18)7-12-21(25)27-14-17-13-22(26)28-20-11-8-16-3-1-2-4-19(16)23(17)20/h1-13H,14H2. The van der Waals surface area contributed by atoms with Gasteiger partial charge in [-0.05, 0) is 40.6 Å². The lowest BCUT2D eigenvalue weighted by molar-refractivity contribution is -0.138. The molecule has 138 valence electrons. The maximum Gasteiger partial charge on any atom is 0.336 e. The van der Waals surface area contributed by atoms with Crippen molar-refractivity contribution in [2.24, 2.45) is 0 Å². The fourth-order valence-electron chi connectivity index (χ4n) is 3.07. The van der Waals surface area contributed by atoms with E-state index in [4.69, 9.17) is 9.15 Å². The zero-order chi connectivity index (χ0) is 19.5. The first-order chi connectivity index (χ1) is 13.6. The van der Waals surface area contributed by atoms with Crippen molar-refractivity contribution in [2.75, 3.05) is 0 Å². The first-order valence-corrected chi connectivity index (χ1v) is 8.65. The molecule has 1 aromatic heterocycles. The molecule has 0 radical (unpaired) electrons. The van der Waals surface area contributed by atoms with Gasteiger partial charge in [0.1, 0.15) is 18.0 Å². The van der Waals surface area contributed by atoms with E-state index < -0.39 is 11.6 Å². The van der Waals surface area contributed by atoms with Crippen LogP contribution in [0.15, 0.2) is 82.0 Å². The van der Waals surface area contributed by atoms with Crippen LogP contribution in [0.4, 0.5) is 4.39 Å². The summed E-state index contributed by atoms with van der Waals surface area (Å²) in [6.45, 7) is -0.0668. The molecule has 0 aliphatic rings. The van der Waals surface area contributed by atoms with Crippen LogP contribution in [0.2, 0.25) is 0 Å². The lowest BCUT2D eigenvalue weighted by Gasteiger charge is -2.08. The molecule has 0 atom stereocenters. The number of halogens is 1. The molecule has 0 saturated carbocycles. The Balaban J connectivity index is 1.60. The number of hydrogen-bond acceptors (Lipinski definition) is 4. The molecule has 0 unspecified atom stereocenters. The minimum Gasteiger partial charge on any atom is -0.458 e. The Morgan fingerprint density at radius 1 is 1.04 bits per heavy atom. The third kappa shape index (κ3) is 3.69. The van der Waals surface area contributed by atoms with Crippen LogP contribution in [-0.4, -0.2) is 5.97 Å². The van der Waals surface area contributed by atoms with Gasteiger partial charge >= 0.3 is 11.6 Å². The van der Waals surface area contributed by atoms with Crippen molar-refractivity contribution in [3.63, 3.8) is 0 Å². The molecule has 28 heavy (non-hydrogen) atoms. The van der Waals surface area contributed by atoms with Gasteiger partial charge in [-0.2, -0.15) is 0 Å². The molecule has 4 aromatic rings. The van der Waals surface area contributed by atoms with Crippen LogP contribution >= 0.6 is 0 Å². The van der Waals surface area contributed by atoms with Crippen LogP contribution in [0, 0.1) is 5.82 Å². The Morgan fingerprint density at radius 3 is 2.64 bits per heavy atom. The Kier molecular flexibility index (Phi) is 4.72. The van der Waals surface area contributed by atoms with Crippen LogP contribution in [0.1, 0.15) is 11.1 Å². The third-order valence-corrected chi connectivity index (χ3v) is 4.37. The van der Waals surface area contributed by atoms with E-state index in [0.717, 1.165) is 16.2 Å². The largest absolute Gasteiger partial charge is 0.458 e. The van der Waals surface area contributed by atoms with E-state index >= 15 is 0 Å². The quantitative estimate of drug-likeness (QED) is 0.222. The number of carbonyl (C=O) groups is 1. The van der Waals surface area contributed by atoms with Crippen molar-refractivity contribution in [3.05, 3.63) is 100 Å². The summed E-state index contributed by atoms with van der Waals surface area (Å²) in [5.41, 5.74) is 1.19. The number of esters is 1. The minimum absolute atomic E-state index is 0.0668. The van der Waals surface area contributed by atoms with Gasteiger partial charge in [0.05, 0.1) is 0 Å². The minimum atomic E-state index is -0.564. The second kappa shape index (κ2) is 7.48. The molecule has 1 heterocycles. The van der Waals surface area contributed by atoms with E-state index in [2.05, 4.69) is 0 Å². The average Bonchev–Trinajstić information content (AvgIpc) is 2.71.